The first-order valence-corrected chi connectivity index (χ1v) is 7.02. The number of rotatable bonds is 4. The van der Waals surface area contributed by atoms with Crippen LogP contribution in [0.4, 0.5) is 0 Å². The lowest BCUT2D eigenvalue weighted by Crippen LogP contribution is -2.24. The van der Waals surface area contributed by atoms with E-state index in [9.17, 15) is 4.79 Å². The van der Waals surface area contributed by atoms with Crippen LogP contribution < -0.4 is 5.32 Å². The quantitative estimate of drug-likeness (QED) is 0.747. The lowest BCUT2D eigenvalue weighted by atomic mass is 10.3. The van der Waals surface area contributed by atoms with Crippen molar-refractivity contribution in [2.75, 3.05) is 0 Å². The Balaban J connectivity index is 1.66. The Labute approximate surface area is 127 Å². The molecule has 22 heavy (non-hydrogen) atoms. The monoisotopic (exact) mass is 296 g/mol. The number of hydrogen-bond acceptors (Lipinski definition) is 4. The molecular formula is C17H16N2O3. The standard InChI is InChI=1S/C17H16N2O3/c1-11-7-8-13(21-11)9-10-16(20)18-12(2)17-19-14-5-3-4-6-15(14)22-17/h3-10,12H,1-2H3,(H,18,20)/b10-9+. The van der Waals surface area contributed by atoms with Gasteiger partial charge in [-0.05, 0) is 44.2 Å². The molecule has 112 valence electrons. The second kappa shape index (κ2) is 5.89. The van der Waals surface area contributed by atoms with Gasteiger partial charge in [0.25, 0.3) is 0 Å². The Kier molecular flexibility index (Phi) is 3.78. The van der Waals surface area contributed by atoms with E-state index in [-0.39, 0.29) is 11.9 Å². The Morgan fingerprint density at radius 3 is 2.77 bits per heavy atom. The predicted molar refractivity (Wildman–Crippen MR) is 83.0 cm³/mol. The fourth-order valence-electron chi connectivity index (χ4n) is 2.10. The average molecular weight is 296 g/mol. The number of nitrogens with zero attached hydrogens (tertiary/aromatic N) is 1. The Morgan fingerprint density at radius 2 is 2.05 bits per heavy atom. The van der Waals surface area contributed by atoms with Gasteiger partial charge in [-0.1, -0.05) is 12.1 Å². The second-order valence-corrected chi connectivity index (χ2v) is 5.03. The maximum atomic E-state index is 11.9. The van der Waals surface area contributed by atoms with E-state index in [1.54, 1.807) is 6.08 Å². The number of para-hydroxylation sites is 2. The summed E-state index contributed by atoms with van der Waals surface area (Å²) in [6.07, 6.45) is 3.05. The van der Waals surface area contributed by atoms with Gasteiger partial charge in [0.05, 0.1) is 0 Å². The zero-order valence-corrected chi connectivity index (χ0v) is 12.4. The first kappa shape index (κ1) is 14.1. The first-order valence-electron chi connectivity index (χ1n) is 7.02. The summed E-state index contributed by atoms with van der Waals surface area (Å²) in [5, 5.41) is 2.81. The van der Waals surface area contributed by atoms with Crippen LogP contribution in [0.15, 0.2) is 51.3 Å². The minimum atomic E-state index is -0.317. The van der Waals surface area contributed by atoms with Crippen LogP contribution in [-0.2, 0) is 4.79 Å². The molecule has 0 bridgehead atoms. The molecule has 0 aliphatic rings. The van der Waals surface area contributed by atoms with E-state index >= 15 is 0 Å². The van der Waals surface area contributed by atoms with Crippen molar-refractivity contribution in [2.45, 2.75) is 19.9 Å². The number of amides is 1. The van der Waals surface area contributed by atoms with Crippen LogP contribution in [0.25, 0.3) is 17.2 Å². The van der Waals surface area contributed by atoms with Gasteiger partial charge in [0.2, 0.25) is 11.8 Å². The molecule has 1 amide bonds. The number of furan rings is 1. The van der Waals surface area contributed by atoms with Crippen LogP contribution in [0, 0.1) is 6.92 Å². The van der Waals surface area contributed by atoms with Crippen molar-refractivity contribution in [1.82, 2.24) is 10.3 Å². The average Bonchev–Trinajstić information content (AvgIpc) is 3.11. The minimum absolute atomic E-state index is 0.233. The summed E-state index contributed by atoms with van der Waals surface area (Å²) in [7, 11) is 0. The Hall–Kier alpha value is -2.82. The topological polar surface area (TPSA) is 68.3 Å². The molecule has 3 rings (SSSR count). The molecule has 0 saturated carbocycles. The van der Waals surface area contributed by atoms with E-state index in [0.29, 0.717) is 17.2 Å². The van der Waals surface area contributed by atoms with E-state index in [1.807, 2.05) is 50.2 Å². The van der Waals surface area contributed by atoms with Gasteiger partial charge in [-0.2, -0.15) is 0 Å². The first-order chi connectivity index (χ1) is 10.6. The minimum Gasteiger partial charge on any atom is -0.462 e. The Bertz CT molecular complexity index is 796. The molecular weight excluding hydrogens is 280 g/mol. The van der Waals surface area contributed by atoms with E-state index in [2.05, 4.69) is 10.3 Å². The third-order valence-electron chi connectivity index (χ3n) is 3.20. The van der Waals surface area contributed by atoms with Gasteiger partial charge in [-0.15, -0.1) is 0 Å². The number of aromatic nitrogens is 1. The van der Waals surface area contributed by atoms with Crippen molar-refractivity contribution >= 4 is 23.1 Å². The van der Waals surface area contributed by atoms with Crippen molar-refractivity contribution in [1.29, 1.82) is 0 Å². The zero-order valence-electron chi connectivity index (χ0n) is 12.4. The summed E-state index contributed by atoms with van der Waals surface area (Å²) >= 11 is 0. The number of fused-ring (bicyclic) bond motifs is 1. The lowest BCUT2D eigenvalue weighted by Gasteiger charge is -2.07. The molecule has 1 N–H and O–H groups in total. The van der Waals surface area contributed by atoms with Crippen molar-refractivity contribution in [3.63, 3.8) is 0 Å². The van der Waals surface area contributed by atoms with Crippen LogP contribution >= 0.6 is 0 Å². The van der Waals surface area contributed by atoms with Crippen molar-refractivity contribution in [3.05, 3.63) is 59.9 Å². The fraction of sp³-hybridized carbons (Fsp3) is 0.176. The molecule has 3 aromatic rings. The summed E-state index contributed by atoms with van der Waals surface area (Å²) in [5.74, 6) is 1.70. The number of carbonyl (C=O) groups excluding carboxylic acids is 1. The molecule has 1 aromatic carbocycles. The number of oxazole rings is 1. The van der Waals surface area contributed by atoms with E-state index < -0.39 is 0 Å². The molecule has 5 nitrogen and oxygen atoms in total. The third kappa shape index (κ3) is 3.09. The molecule has 1 unspecified atom stereocenters. The summed E-state index contributed by atoms with van der Waals surface area (Å²) in [6, 6.07) is 10.8. The van der Waals surface area contributed by atoms with E-state index in [4.69, 9.17) is 8.83 Å². The summed E-state index contributed by atoms with van der Waals surface area (Å²) in [4.78, 5) is 16.3. The van der Waals surface area contributed by atoms with Crippen LogP contribution in [-0.4, -0.2) is 10.9 Å². The molecule has 1 atom stereocenters. The van der Waals surface area contributed by atoms with Crippen LogP contribution in [0.1, 0.15) is 30.4 Å². The molecule has 0 fully saturated rings. The molecule has 5 heteroatoms. The smallest absolute Gasteiger partial charge is 0.244 e. The van der Waals surface area contributed by atoms with E-state index in [0.717, 1.165) is 11.3 Å². The molecule has 0 radical (unpaired) electrons. The van der Waals surface area contributed by atoms with Gasteiger partial charge >= 0.3 is 0 Å². The summed E-state index contributed by atoms with van der Waals surface area (Å²) < 4.78 is 11.0. The van der Waals surface area contributed by atoms with Crippen molar-refractivity contribution in [2.24, 2.45) is 0 Å². The largest absolute Gasteiger partial charge is 0.462 e. The highest BCUT2D eigenvalue weighted by molar-refractivity contribution is 5.91. The third-order valence-corrected chi connectivity index (χ3v) is 3.20. The highest BCUT2D eigenvalue weighted by atomic mass is 16.4. The SMILES string of the molecule is Cc1ccc(/C=C/C(=O)NC(C)c2nc3ccccc3o2)o1. The molecule has 0 saturated heterocycles. The number of hydrogen-bond donors (Lipinski definition) is 1. The number of nitrogens with one attached hydrogen (secondary N) is 1. The Morgan fingerprint density at radius 1 is 1.23 bits per heavy atom. The molecule has 0 spiro atoms. The van der Waals surface area contributed by atoms with Gasteiger partial charge in [0.1, 0.15) is 23.1 Å². The summed E-state index contributed by atoms with van der Waals surface area (Å²) in [5.41, 5.74) is 1.49. The van der Waals surface area contributed by atoms with Gasteiger partial charge in [0.15, 0.2) is 5.58 Å². The number of aryl methyl sites for hydroxylation is 1. The normalized spacial score (nSPS) is 12.8. The molecule has 0 aliphatic heterocycles. The van der Waals surface area contributed by atoms with Gasteiger partial charge in [-0.3, -0.25) is 4.79 Å². The fourth-order valence-corrected chi connectivity index (χ4v) is 2.10. The summed E-state index contributed by atoms with van der Waals surface area (Å²) in [6.45, 7) is 3.68. The van der Waals surface area contributed by atoms with Crippen molar-refractivity contribution < 1.29 is 13.6 Å². The van der Waals surface area contributed by atoms with Crippen molar-refractivity contribution in [3.8, 4) is 0 Å². The van der Waals surface area contributed by atoms with Gasteiger partial charge in [-0.25, -0.2) is 4.98 Å². The predicted octanol–water partition coefficient (Wildman–Crippen LogP) is 3.62. The second-order valence-electron chi connectivity index (χ2n) is 5.03. The zero-order chi connectivity index (χ0) is 15.5. The lowest BCUT2D eigenvalue weighted by molar-refractivity contribution is -0.117. The van der Waals surface area contributed by atoms with Crippen LogP contribution in [0.5, 0.6) is 0 Å². The maximum absolute atomic E-state index is 11.9. The molecule has 2 aromatic heterocycles. The highest BCUT2D eigenvalue weighted by Gasteiger charge is 2.14. The number of benzene rings is 1. The van der Waals surface area contributed by atoms with E-state index in [1.165, 1.54) is 6.08 Å². The van der Waals surface area contributed by atoms with Gasteiger partial charge < -0.3 is 14.2 Å². The van der Waals surface area contributed by atoms with Crippen LogP contribution in [0.2, 0.25) is 0 Å². The van der Waals surface area contributed by atoms with Crippen LogP contribution in [0.3, 0.4) is 0 Å². The number of carbonyl (C=O) groups is 1. The van der Waals surface area contributed by atoms with Gasteiger partial charge in [0, 0.05) is 6.08 Å². The highest BCUT2D eigenvalue weighted by Crippen LogP contribution is 2.19. The molecule has 0 aliphatic carbocycles. The molecule has 2 heterocycles. The maximum Gasteiger partial charge on any atom is 0.244 e.